The van der Waals surface area contributed by atoms with Gasteiger partial charge in [-0.2, -0.15) is 4.31 Å². The van der Waals surface area contributed by atoms with Crippen LogP contribution in [0.1, 0.15) is 10.4 Å². The molecule has 4 rings (SSSR count). The van der Waals surface area contributed by atoms with Gasteiger partial charge in [0, 0.05) is 50.4 Å². The number of piperazine rings is 1. The van der Waals surface area contributed by atoms with Gasteiger partial charge in [0.2, 0.25) is 10.0 Å². The van der Waals surface area contributed by atoms with Crippen LogP contribution in [0.5, 0.6) is 5.75 Å². The smallest absolute Gasteiger partial charge is 0.297 e. The molecule has 1 atom stereocenters. The largest absolute Gasteiger partial charge is 0.489 e. The minimum absolute atomic E-state index is 0.0186. The first-order valence-electron chi connectivity index (χ1n) is 11.0. The molecule has 0 radical (unpaired) electrons. The fraction of sp³-hybridized carbons (Fsp3) is 0.381. The van der Waals surface area contributed by atoms with E-state index >= 15 is 0 Å². The van der Waals surface area contributed by atoms with Gasteiger partial charge < -0.3 is 10.1 Å². The van der Waals surface area contributed by atoms with Gasteiger partial charge in [-0.25, -0.2) is 21.6 Å². The first kappa shape index (κ1) is 25.8. The summed E-state index contributed by atoms with van der Waals surface area (Å²) in [5, 5.41) is 14.8. The molecular formula is C21H25N5O8S2. The lowest BCUT2D eigenvalue weighted by Gasteiger charge is -2.36. The van der Waals surface area contributed by atoms with E-state index < -0.39 is 41.5 Å². The standard InChI is InChI=1S/C21H25N5O8S2/c1-35(30,31)25-9-7-24(8-10-25)13-16-14-34-19-12-17(11-18(26(28)29)20(19)22-16)36(32,33)23-21(27)15-5-3-2-4-6-15/h2-6,11-12,16,22H,7-10,13-14H2,1H3,(H,23,27)/t16-/m0/s1. The molecule has 1 amide bonds. The summed E-state index contributed by atoms with van der Waals surface area (Å²) in [6.45, 7) is 2.24. The van der Waals surface area contributed by atoms with E-state index in [1.165, 1.54) is 16.4 Å². The molecule has 2 heterocycles. The average Bonchev–Trinajstić information content (AvgIpc) is 2.83. The van der Waals surface area contributed by atoms with Crippen molar-refractivity contribution in [1.29, 1.82) is 0 Å². The minimum Gasteiger partial charge on any atom is -0.489 e. The summed E-state index contributed by atoms with van der Waals surface area (Å²) in [4.78, 5) is 24.9. The Hall–Kier alpha value is -3.27. The van der Waals surface area contributed by atoms with Crippen LogP contribution < -0.4 is 14.8 Å². The Morgan fingerprint density at radius 1 is 1.14 bits per heavy atom. The number of amides is 1. The Morgan fingerprint density at radius 3 is 2.42 bits per heavy atom. The van der Waals surface area contributed by atoms with Crippen molar-refractivity contribution in [2.24, 2.45) is 0 Å². The van der Waals surface area contributed by atoms with Gasteiger partial charge in [-0.15, -0.1) is 0 Å². The van der Waals surface area contributed by atoms with Crippen LogP contribution in [-0.4, -0.2) is 88.5 Å². The highest BCUT2D eigenvalue weighted by Gasteiger charge is 2.33. The number of ether oxygens (including phenoxy) is 1. The first-order chi connectivity index (χ1) is 16.9. The molecule has 2 N–H and O–H groups in total. The van der Waals surface area contributed by atoms with Crippen LogP contribution in [0.25, 0.3) is 0 Å². The monoisotopic (exact) mass is 539 g/mol. The lowest BCUT2D eigenvalue weighted by molar-refractivity contribution is -0.384. The van der Waals surface area contributed by atoms with Crippen LogP contribution in [0, 0.1) is 10.1 Å². The molecule has 36 heavy (non-hydrogen) atoms. The topological polar surface area (TPSA) is 168 Å². The number of anilines is 1. The summed E-state index contributed by atoms with van der Waals surface area (Å²) in [5.74, 6) is -0.888. The van der Waals surface area contributed by atoms with Gasteiger partial charge in [-0.05, 0) is 12.1 Å². The van der Waals surface area contributed by atoms with E-state index in [0.717, 1.165) is 18.4 Å². The van der Waals surface area contributed by atoms with E-state index in [4.69, 9.17) is 4.74 Å². The SMILES string of the molecule is CS(=O)(=O)N1CCN(C[C@H]2COc3cc(S(=O)(=O)NC(=O)c4ccccc4)cc([N+](=O)[O-])c3N2)CC1. The highest BCUT2D eigenvalue weighted by molar-refractivity contribution is 7.90. The molecule has 2 aromatic rings. The summed E-state index contributed by atoms with van der Waals surface area (Å²) < 4.78 is 58.0. The predicted molar refractivity (Wildman–Crippen MR) is 130 cm³/mol. The van der Waals surface area contributed by atoms with Crippen molar-refractivity contribution in [3.8, 4) is 5.75 Å². The number of nitrogens with one attached hydrogen (secondary N) is 2. The van der Waals surface area contributed by atoms with Crippen molar-refractivity contribution in [2.45, 2.75) is 10.9 Å². The maximum absolute atomic E-state index is 12.8. The second-order valence-corrected chi connectivity index (χ2v) is 12.2. The van der Waals surface area contributed by atoms with E-state index in [1.807, 2.05) is 9.62 Å². The summed E-state index contributed by atoms with van der Waals surface area (Å²) in [6, 6.07) is 9.37. The summed E-state index contributed by atoms with van der Waals surface area (Å²) in [7, 11) is -7.69. The van der Waals surface area contributed by atoms with Crippen molar-refractivity contribution < 1.29 is 31.3 Å². The fourth-order valence-corrected chi connectivity index (χ4v) is 5.89. The lowest BCUT2D eigenvalue weighted by Crippen LogP contribution is -2.52. The van der Waals surface area contributed by atoms with Crippen molar-refractivity contribution >= 4 is 37.3 Å². The number of hydrogen-bond donors (Lipinski definition) is 2. The highest BCUT2D eigenvalue weighted by atomic mass is 32.2. The number of sulfonamides is 2. The zero-order valence-electron chi connectivity index (χ0n) is 19.3. The van der Waals surface area contributed by atoms with Crippen molar-refractivity contribution in [3.05, 3.63) is 58.1 Å². The molecule has 0 bridgehead atoms. The zero-order chi connectivity index (χ0) is 26.1. The molecule has 0 aliphatic carbocycles. The number of fused-ring (bicyclic) bond motifs is 1. The zero-order valence-corrected chi connectivity index (χ0v) is 20.9. The number of hydrogen-bond acceptors (Lipinski definition) is 10. The molecule has 2 aliphatic heterocycles. The number of carbonyl (C=O) groups is 1. The summed E-state index contributed by atoms with van der Waals surface area (Å²) in [5.41, 5.74) is -0.349. The number of nitro groups is 1. The lowest BCUT2D eigenvalue weighted by atomic mass is 10.1. The van der Waals surface area contributed by atoms with Crippen LogP contribution in [0.15, 0.2) is 47.4 Å². The van der Waals surface area contributed by atoms with Gasteiger partial charge in [0.15, 0.2) is 11.4 Å². The molecule has 2 aliphatic rings. The van der Waals surface area contributed by atoms with Gasteiger partial charge in [0.05, 0.1) is 22.1 Å². The van der Waals surface area contributed by atoms with E-state index in [2.05, 4.69) is 5.32 Å². The van der Waals surface area contributed by atoms with E-state index in [1.54, 1.807) is 18.2 Å². The predicted octanol–water partition coefficient (Wildman–Crippen LogP) is 0.464. The molecule has 0 unspecified atom stereocenters. The molecule has 13 nitrogen and oxygen atoms in total. The van der Waals surface area contributed by atoms with Crippen LogP contribution in [0.4, 0.5) is 11.4 Å². The maximum atomic E-state index is 12.8. The molecule has 0 saturated carbocycles. The Bertz CT molecular complexity index is 1370. The van der Waals surface area contributed by atoms with Crippen LogP contribution in [0.3, 0.4) is 0 Å². The molecule has 0 aromatic heterocycles. The molecule has 1 saturated heterocycles. The van der Waals surface area contributed by atoms with Gasteiger partial charge in [-0.3, -0.25) is 19.8 Å². The third kappa shape index (κ3) is 5.75. The maximum Gasteiger partial charge on any atom is 0.297 e. The number of nitrogens with zero attached hydrogens (tertiary/aromatic N) is 3. The molecule has 194 valence electrons. The van der Waals surface area contributed by atoms with Crippen LogP contribution in [0.2, 0.25) is 0 Å². The first-order valence-corrected chi connectivity index (χ1v) is 14.3. The van der Waals surface area contributed by atoms with E-state index in [0.29, 0.717) is 32.7 Å². The van der Waals surface area contributed by atoms with Gasteiger partial charge in [-0.1, -0.05) is 18.2 Å². The Labute approximate surface area is 208 Å². The van der Waals surface area contributed by atoms with Crippen molar-refractivity contribution in [1.82, 2.24) is 13.9 Å². The van der Waals surface area contributed by atoms with Crippen LogP contribution in [-0.2, 0) is 20.0 Å². The number of carbonyl (C=O) groups excluding carboxylic acids is 1. The Kier molecular flexibility index (Phi) is 7.17. The molecule has 15 heteroatoms. The quantitative estimate of drug-likeness (QED) is 0.372. The molecule has 2 aromatic carbocycles. The van der Waals surface area contributed by atoms with Gasteiger partial charge in [0.1, 0.15) is 6.61 Å². The van der Waals surface area contributed by atoms with Crippen molar-refractivity contribution in [2.75, 3.05) is 50.9 Å². The summed E-state index contributed by atoms with van der Waals surface area (Å²) in [6.07, 6.45) is 1.16. The van der Waals surface area contributed by atoms with Crippen LogP contribution >= 0.6 is 0 Å². The number of nitro benzene ring substituents is 1. The van der Waals surface area contributed by atoms with E-state index in [-0.39, 0.29) is 29.6 Å². The minimum atomic E-state index is -4.42. The number of rotatable bonds is 7. The molecular weight excluding hydrogens is 514 g/mol. The number of benzene rings is 2. The Morgan fingerprint density at radius 2 is 1.81 bits per heavy atom. The Balaban J connectivity index is 1.50. The fourth-order valence-electron chi connectivity index (χ4n) is 4.05. The third-order valence-corrected chi connectivity index (χ3v) is 8.51. The normalized spacial score (nSPS) is 19.0. The highest BCUT2D eigenvalue weighted by Crippen LogP contribution is 2.40. The third-order valence-electron chi connectivity index (χ3n) is 5.89. The van der Waals surface area contributed by atoms with Crippen molar-refractivity contribution in [3.63, 3.8) is 0 Å². The van der Waals surface area contributed by atoms with Gasteiger partial charge >= 0.3 is 0 Å². The molecule has 0 spiro atoms. The summed E-state index contributed by atoms with van der Waals surface area (Å²) >= 11 is 0. The molecule has 1 fully saturated rings. The van der Waals surface area contributed by atoms with E-state index in [9.17, 15) is 31.7 Å². The average molecular weight is 540 g/mol. The van der Waals surface area contributed by atoms with Gasteiger partial charge in [0.25, 0.3) is 21.6 Å². The second kappa shape index (κ2) is 10.0. The second-order valence-electron chi connectivity index (χ2n) is 8.49.